The van der Waals surface area contributed by atoms with Gasteiger partial charge in [0.2, 0.25) is 5.91 Å². The van der Waals surface area contributed by atoms with E-state index >= 15 is 0 Å². The summed E-state index contributed by atoms with van der Waals surface area (Å²) in [7, 11) is 1.57. The monoisotopic (exact) mass is 501 g/mol. The van der Waals surface area contributed by atoms with Crippen molar-refractivity contribution in [3.8, 4) is 5.75 Å². The van der Waals surface area contributed by atoms with Crippen LogP contribution >= 0.6 is 0 Å². The Labute approximate surface area is 216 Å². The SMILES string of the molecule is COc1ccc(NC(=O)C(NC(=O)C2CCCN2C(=O)OCc2ccccc2)c2ccc(C)cc2)cc1. The van der Waals surface area contributed by atoms with Crippen LogP contribution in [0, 0.1) is 6.92 Å². The van der Waals surface area contributed by atoms with E-state index in [1.165, 1.54) is 4.90 Å². The van der Waals surface area contributed by atoms with Crippen LogP contribution in [0.3, 0.4) is 0 Å². The van der Waals surface area contributed by atoms with E-state index in [2.05, 4.69) is 10.6 Å². The summed E-state index contributed by atoms with van der Waals surface area (Å²) >= 11 is 0. The van der Waals surface area contributed by atoms with Crippen molar-refractivity contribution >= 4 is 23.6 Å². The molecule has 37 heavy (non-hydrogen) atoms. The third-order valence-electron chi connectivity index (χ3n) is 6.31. The highest BCUT2D eigenvalue weighted by molar-refractivity contribution is 5.99. The zero-order valence-electron chi connectivity index (χ0n) is 21.0. The molecule has 1 fully saturated rings. The maximum atomic E-state index is 13.4. The van der Waals surface area contributed by atoms with E-state index in [1.807, 2.05) is 61.5 Å². The first kappa shape index (κ1) is 25.8. The normalized spacial score (nSPS) is 15.5. The number of anilines is 1. The first-order valence-corrected chi connectivity index (χ1v) is 12.2. The smallest absolute Gasteiger partial charge is 0.410 e. The van der Waals surface area contributed by atoms with Gasteiger partial charge in [0.15, 0.2) is 0 Å². The Hall–Kier alpha value is -4.33. The van der Waals surface area contributed by atoms with E-state index in [9.17, 15) is 14.4 Å². The molecule has 1 saturated heterocycles. The average molecular weight is 502 g/mol. The number of hydrogen-bond acceptors (Lipinski definition) is 5. The molecule has 2 N–H and O–H groups in total. The molecule has 0 spiro atoms. The Morgan fingerprint density at radius 3 is 2.35 bits per heavy atom. The molecule has 8 nitrogen and oxygen atoms in total. The van der Waals surface area contributed by atoms with Crippen LogP contribution in [-0.4, -0.2) is 42.5 Å². The third-order valence-corrected chi connectivity index (χ3v) is 6.31. The molecule has 1 heterocycles. The van der Waals surface area contributed by atoms with Gasteiger partial charge in [-0.05, 0) is 55.2 Å². The first-order valence-electron chi connectivity index (χ1n) is 12.2. The number of amides is 3. The fourth-order valence-electron chi connectivity index (χ4n) is 4.25. The van der Waals surface area contributed by atoms with Gasteiger partial charge >= 0.3 is 6.09 Å². The first-order chi connectivity index (χ1) is 17.9. The van der Waals surface area contributed by atoms with Crippen LogP contribution in [0.5, 0.6) is 5.75 Å². The Kier molecular flexibility index (Phi) is 8.40. The van der Waals surface area contributed by atoms with Crippen molar-refractivity contribution in [3.63, 3.8) is 0 Å². The number of ether oxygens (including phenoxy) is 2. The van der Waals surface area contributed by atoms with Crippen molar-refractivity contribution in [2.45, 2.75) is 38.5 Å². The molecular formula is C29H31N3O5. The lowest BCUT2D eigenvalue weighted by atomic mass is 10.0. The summed E-state index contributed by atoms with van der Waals surface area (Å²) in [4.78, 5) is 40.9. The topological polar surface area (TPSA) is 97.0 Å². The van der Waals surface area contributed by atoms with Crippen LogP contribution in [0.15, 0.2) is 78.9 Å². The van der Waals surface area contributed by atoms with Gasteiger partial charge < -0.3 is 20.1 Å². The van der Waals surface area contributed by atoms with E-state index in [-0.39, 0.29) is 6.61 Å². The fraction of sp³-hybridized carbons (Fsp3) is 0.276. The molecule has 1 aliphatic rings. The number of nitrogens with zero attached hydrogens (tertiary/aromatic N) is 1. The largest absolute Gasteiger partial charge is 0.497 e. The summed E-state index contributed by atoms with van der Waals surface area (Å²) in [5.74, 6) is -0.120. The van der Waals surface area contributed by atoms with Gasteiger partial charge in [-0.15, -0.1) is 0 Å². The Morgan fingerprint density at radius 1 is 0.973 bits per heavy atom. The molecule has 3 aromatic carbocycles. The minimum absolute atomic E-state index is 0.126. The van der Waals surface area contributed by atoms with Gasteiger partial charge in [-0.25, -0.2) is 4.79 Å². The van der Waals surface area contributed by atoms with Crippen molar-refractivity contribution in [3.05, 3.63) is 95.6 Å². The molecule has 0 saturated carbocycles. The van der Waals surface area contributed by atoms with Crippen LogP contribution in [0.25, 0.3) is 0 Å². The molecular weight excluding hydrogens is 470 g/mol. The van der Waals surface area contributed by atoms with Crippen LogP contribution in [0.1, 0.15) is 35.6 Å². The molecule has 192 valence electrons. The minimum atomic E-state index is -0.946. The minimum Gasteiger partial charge on any atom is -0.497 e. The van der Waals surface area contributed by atoms with Crippen molar-refractivity contribution < 1.29 is 23.9 Å². The van der Waals surface area contributed by atoms with Crippen molar-refractivity contribution in [1.82, 2.24) is 10.2 Å². The van der Waals surface area contributed by atoms with Crippen LogP contribution < -0.4 is 15.4 Å². The number of aryl methyl sites for hydroxylation is 1. The molecule has 0 aliphatic carbocycles. The molecule has 0 bridgehead atoms. The third kappa shape index (κ3) is 6.67. The second-order valence-corrected chi connectivity index (χ2v) is 8.96. The molecule has 0 radical (unpaired) electrons. The van der Waals surface area contributed by atoms with Crippen LogP contribution in [-0.2, 0) is 20.9 Å². The number of likely N-dealkylation sites (tertiary alicyclic amines) is 1. The van der Waals surface area contributed by atoms with E-state index in [0.29, 0.717) is 36.4 Å². The molecule has 8 heteroatoms. The summed E-state index contributed by atoms with van der Waals surface area (Å²) in [6.45, 7) is 2.49. The number of methoxy groups -OCH3 is 1. The summed E-state index contributed by atoms with van der Waals surface area (Å²) in [6, 6.07) is 22.1. The summed E-state index contributed by atoms with van der Waals surface area (Å²) in [6.07, 6.45) is 0.620. The van der Waals surface area contributed by atoms with Crippen molar-refractivity contribution in [1.29, 1.82) is 0 Å². The number of rotatable bonds is 8. The molecule has 1 aliphatic heterocycles. The standard InChI is InChI=1S/C29H31N3O5/c1-20-10-12-22(13-11-20)26(28(34)30-23-14-16-24(36-2)17-15-23)31-27(33)25-9-6-18-32(25)29(35)37-19-21-7-4-3-5-8-21/h3-5,7-8,10-17,25-26H,6,9,18-19H2,1-2H3,(H,30,34)(H,31,33). The van der Waals surface area contributed by atoms with E-state index in [4.69, 9.17) is 9.47 Å². The lowest BCUT2D eigenvalue weighted by Crippen LogP contribution is -2.48. The second-order valence-electron chi connectivity index (χ2n) is 8.96. The van der Waals surface area contributed by atoms with Gasteiger partial charge in [0.25, 0.3) is 5.91 Å². The lowest BCUT2D eigenvalue weighted by Gasteiger charge is -2.26. The number of carbonyl (C=O) groups excluding carboxylic acids is 3. The molecule has 2 atom stereocenters. The Bertz CT molecular complexity index is 1210. The number of nitrogens with one attached hydrogen (secondary N) is 2. The molecule has 3 aromatic rings. The number of benzene rings is 3. The predicted molar refractivity (Wildman–Crippen MR) is 140 cm³/mol. The molecule has 4 rings (SSSR count). The van der Waals surface area contributed by atoms with Gasteiger partial charge in [0.05, 0.1) is 7.11 Å². The predicted octanol–water partition coefficient (Wildman–Crippen LogP) is 4.60. The van der Waals surface area contributed by atoms with E-state index in [0.717, 1.165) is 11.1 Å². The Morgan fingerprint density at radius 2 is 1.68 bits per heavy atom. The zero-order chi connectivity index (χ0) is 26.2. The van der Waals surface area contributed by atoms with Gasteiger partial charge in [0, 0.05) is 12.2 Å². The Balaban J connectivity index is 1.46. The summed E-state index contributed by atoms with van der Waals surface area (Å²) in [5.41, 5.74) is 3.11. The maximum Gasteiger partial charge on any atom is 0.410 e. The maximum absolute atomic E-state index is 13.4. The molecule has 2 unspecified atom stereocenters. The summed E-state index contributed by atoms with van der Waals surface area (Å²) in [5, 5.41) is 5.73. The van der Waals surface area contributed by atoms with Crippen molar-refractivity contribution in [2.75, 3.05) is 19.0 Å². The van der Waals surface area contributed by atoms with Gasteiger partial charge in [-0.3, -0.25) is 14.5 Å². The number of carbonyl (C=O) groups is 3. The van der Waals surface area contributed by atoms with E-state index < -0.39 is 30.0 Å². The average Bonchev–Trinajstić information content (AvgIpc) is 3.42. The van der Waals surface area contributed by atoms with Gasteiger partial charge in [-0.2, -0.15) is 0 Å². The highest BCUT2D eigenvalue weighted by Gasteiger charge is 2.37. The van der Waals surface area contributed by atoms with Gasteiger partial charge in [-0.1, -0.05) is 60.2 Å². The van der Waals surface area contributed by atoms with Crippen LogP contribution in [0.4, 0.5) is 10.5 Å². The van der Waals surface area contributed by atoms with Crippen LogP contribution in [0.2, 0.25) is 0 Å². The lowest BCUT2D eigenvalue weighted by molar-refractivity contribution is -0.129. The quantitative estimate of drug-likeness (QED) is 0.470. The summed E-state index contributed by atoms with van der Waals surface area (Å²) < 4.78 is 10.6. The van der Waals surface area contributed by atoms with Gasteiger partial charge in [0.1, 0.15) is 24.4 Å². The zero-order valence-corrected chi connectivity index (χ0v) is 21.0. The second kappa shape index (κ2) is 12.1. The highest BCUT2D eigenvalue weighted by atomic mass is 16.6. The number of hydrogen-bond donors (Lipinski definition) is 2. The van der Waals surface area contributed by atoms with Crippen molar-refractivity contribution in [2.24, 2.45) is 0 Å². The fourth-order valence-corrected chi connectivity index (χ4v) is 4.25. The molecule has 3 amide bonds. The van der Waals surface area contributed by atoms with E-state index in [1.54, 1.807) is 31.4 Å². The highest BCUT2D eigenvalue weighted by Crippen LogP contribution is 2.23. The molecule has 0 aromatic heterocycles.